The van der Waals surface area contributed by atoms with Gasteiger partial charge in [0.1, 0.15) is 0 Å². The van der Waals surface area contributed by atoms with E-state index in [0.29, 0.717) is 25.1 Å². The molecule has 0 spiro atoms. The number of methoxy groups -OCH3 is 1. The van der Waals surface area contributed by atoms with E-state index in [-0.39, 0.29) is 4.90 Å². The van der Waals surface area contributed by atoms with Gasteiger partial charge < -0.3 is 10.1 Å². The molecule has 1 aliphatic carbocycles. The summed E-state index contributed by atoms with van der Waals surface area (Å²) in [6.45, 7) is 1.41. The van der Waals surface area contributed by atoms with Gasteiger partial charge >= 0.3 is 0 Å². The molecule has 6 heteroatoms. The second-order valence-corrected chi connectivity index (χ2v) is 6.53. The van der Waals surface area contributed by atoms with Crippen molar-refractivity contribution in [3.63, 3.8) is 0 Å². The van der Waals surface area contributed by atoms with Crippen LogP contribution in [0.25, 0.3) is 0 Å². The second kappa shape index (κ2) is 6.00. The lowest BCUT2D eigenvalue weighted by atomic mass is 10.1. The molecule has 0 aromatic heterocycles. The van der Waals surface area contributed by atoms with E-state index in [1.807, 2.05) is 0 Å². The minimum atomic E-state index is -3.60. The Morgan fingerprint density at radius 1 is 1.37 bits per heavy atom. The number of ether oxygens (including phenoxy) is 1. The van der Waals surface area contributed by atoms with Gasteiger partial charge in [-0.15, -0.1) is 0 Å². The third-order valence-corrected chi connectivity index (χ3v) is 4.29. The van der Waals surface area contributed by atoms with Crippen LogP contribution in [-0.2, 0) is 21.3 Å². The van der Waals surface area contributed by atoms with Gasteiger partial charge in [-0.25, -0.2) is 13.6 Å². The molecule has 1 saturated carbocycles. The van der Waals surface area contributed by atoms with Crippen molar-refractivity contribution in [2.24, 2.45) is 11.1 Å². The zero-order valence-electron chi connectivity index (χ0n) is 11.0. The Bertz CT molecular complexity index is 509. The summed E-state index contributed by atoms with van der Waals surface area (Å²) in [5.41, 5.74) is 1.04. The van der Waals surface area contributed by atoms with Crippen LogP contribution in [0.2, 0.25) is 0 Å². The number of benzene rings is 1. The SMILES string of the molecule is COCC(NCc1ccc(S(N)(=O)=O)cc1)C1CC1. The summed E-state index contributed by atoms with van der Waals surface area (Å²) in [4.78, 5) is 0.145. The van der Waals surface area contributed by atoms with Gasteiger partial charge in [-0.1, -0.05) is 12.1 Å². The molecule has 19 heavy (non-hydrogen) atoms. The number of hydrogen-bond acceptors (Lipinski definition) is 4. The van der Waals surface area contributed by atoms with Crippen molar-refractivity contribution in [1.29, 1.82) is 0 Å². The standard InChI is InChI=1S/C13H20N2O3S/c1-18-9-13(11-4-5-11)15-8-10-2-6-12(7-3-10)19(14,16)17/h2-3,6-7,11,13,15H,4-5,8-9H2,1H3,(H2,14,16,17). The molecule has 0 radical (unpaired) electrons. The molecule has 0 bridgehead atoms. The smallest absolute Gasteiger partial charge is 0.238 e. The summed E-state index contributed by atoms with van der Waals surface area (Å²) in [5, 5.41) is 8.51. The molecule has 0 heterocycles. The van der Waals surface area contributed by atoms with Crippen LogP contribution >= 0.6 is 0 Å². The average molecular weight is 284 g/mol. The van der Waals surface area contributed by atoms with Gasteiger partial charge in [-0.05, 0) is 36.5 Å². The van der Waals surface area contributed by atoms with Crippen LogP contribution < -0.4 is 10.5 Å². The Morgan fingerprint density at radius 2 is 2.00 bits per heavy atom. The van der Waals surface area contributed by atoms with Crippen molar-refractivity contribution in [2.45, 2.75) is 30.3 Å². The summed E-state index contributed by atoms with van der Waals surface area (Å²) in [7, 11) is -1.90. The quantitative estimate of drug-likeness (QED) is 0.777. The number of nitrogens with two attached hydrogens (primary N) is 1. The van der Waals surface area contributed by atoms with E-state index < -0.39 is 10.0 Å². The third kappa shape index (κ3) is 4.28. The molecular formula is C13H20N2O3S. The Kier molecular flexibility index (Phi) is 4.57. The van der Waals surface area contributed by atoms with E-state index in [9.17, 15) is 8.42 Å². The fourth-order valence-corrected chi connectivity index (χ4v) is 2.60. The molecule has 1 aromatic carbocycles. The van der Waals surface area contributed by atoms with E-state index in [2.05, 4.69) is 5.32 Å². The van der Waals surface area contributed by atoms with E-state index in [0.717, 1.165) is 5.56 Å². The summed E-state index contributed by atoms with van der Waals surface area (Å²) in [6.07, 6.45) is 2.51. The zero-order chi connectivity index (χ0) is 13.9. The van der Waals surface area contributed by atoms with Crippen molar-refractivity contribution >= 4 is 10.0 Å². The van der Waals surface area contributed by atoms with Gasteiger partial charge in [-0.3, -0.25) is 0 Å². The largest absolute Gasteiger partial charge is 0.383 e. The minimum absolute atomic E-state index is 0.145. The molecule has 5 nitrogen and oxygen atoms in total. The normalized spacial score (nSPS) is 17.4. The maximum Gasteiger partial charge on any atom is 0.238 e. The predicted octanol–water partition coefficient (Wildman–Crippen LogP) is 0.849. The molecule has 1 aliphatic rings. The Morgan fingerprint density at radius 3 is 2.47 bits per heavy atom. The van der Waals surface area contributed by atoms with Crippen LogP contribution in [0.5, 0.6) is 0 Å². The maximum absolute atomic E-state index is 11.1. The highest BCUT2D eigenvalue weighted by Crippen LogP contribution is 2.32. The summed E-state index contributed by atoms with van der Waals surface area (Å²) < 4.78 is 27.5. The van der Waals surface area contributed by atoms with Crippen LogP contribution in [-0.4, -0.2) is 28.2 Å². The van der Waals surface area contributed by atoms with Gasteiger partial charge in [0.25, 0.3) is 0 Å². The summed E-state index contributed by atoms with van der Waals surface area (Å²) >= 11 is 0. The predicted molar refractivity (Wildman–Crippen MR) is 73.0 cm³/mol. The lowest BCUT2D eigenvalue weighted by molar-refractivity contribution is 0.157. The number of sulfonamides is 1. The Balaban J connectivity index is 1.92. The molecule has 1 unspecified atom stereocenters. The van der Waals surface area contributed by atoms with Crippen molar-refractivity contribution in [3.8, 4) is 0 Å². The van der Waals surface area contributed by atoms with Crippen molar-refractivity contribution in [3.05, 3.63) is 29.8 Å². The van der Waals surface area contributed by atoms with E-state index in [4.69, 9.17) is 9.88 Å². The summed E-state index contributed by atoms with van der Waals surface area (Å²) in [6, 6.07) is 7.01. The fraction of sp³-hybridized carbons (Fsp3) is 0.538. The Labute approximate surface area is 114 Å². The van der Waals surface area contributed by atoms with E-state index >= 15 is 0 Å². The van der Waals surface area contributed by atoms with Crippen LogP contribution in [0, 0.1) is 5.92 Å². The lowest BCUT2D eigenvalue weighted by Gasteiger charge is -2.17. The highest BCUT2D eigenvalue weighted by Gasteiger charge is 2.30. The maximum atomic E-state index is 11.1. The molecule has 3 N–H and O–H groups in total. The molecule has 1 atom stereocenters. The van der Waals surface area contributed by atoms with Gasteiger partial charge in [0, 0.05) is 19.7 Å². The molecule has 1 fully saturated rings. The molecule has 1 aromatic rings. The number of primary sulfonamides is 1. The van der Waals surface area contributed by atoms with E-state index in [1.165, 1.54) is 25.0 Å². The van der Waals surface area contributed by atoms with Crippen LogP contribution in [0.4, 0.5) is 0 Å². The third-order valence-electron chi connectivity index (χ3n) is 3.36. The first-order valence-electron chi connectivity index (χ1n) is 6.35. The topological polar surface area (TPSA) is 81.4 Å². The van der Waals surface area contributed by atoms with Crippen LogP contribution in [0.1, 0.15) is 18.4 Å². The average Bonchev–Trinajstić information content (AvgIpc) is 3.18. The monoisotopic (exact) mass is 284 g/mol. The van der Waals surface area contributed by atoms with Crippen LogP contribution in [0.3, 0.4) is 0 Å². The summed E-state index contributed by atoms with van der Waals surface area (Å²) in [5.74, 6) is 0.712. The zero-order valence-corrected chi connectivity index (χ0v) is 11.8. The molecule has 0 aliphatic heterocycles. The van der Waals surface area contributed by atoms with Crippen molar-refractivity contribution < 1.29 is 13.2 Å². The number of hydrogen-bond donors (Lipinski definition) is 2. The van der Waals surface area contributed by atoms with Crippen molar-refractivity contribution in [1.82, 2.24) is 5.32 Å². The van der Waals surface area contributed by atoms with E-state index in [1.54, 1.807) is 19.2 Å². The first-order chi connectivity index (χ1) is 9.00. The first kappa shape index (κ1) is 14.5. The lowest BCUT2D eigenvalue weighted by Crippen LogP contribution is -2.34. The molecule has 0 amide bonds. The molecular weight excluding hydrogens is 264 g/mol. The molecule has 106 valence electrons. The molecule has 2 rings (SSSR count). The second-order valence-electron chi connectivity index (χ2n) is 4.97. The first-order valence-corrected chi connectivity index (χ1v) is 7.89. The van der Waals surface area contributed by atoms with Gasteiger partial charge in [0.15, 0.2) is 0 Å². The van der Waals surface area contributed by atoms with Gasteiger partial charge in [0.05, 0.1) is 11.5 Å². The number of rotatable bonds is 7. The molecule has 0 saturated heterocycles. The Hall–Kier alpha value is -0.950. The van der Waals surface area contributed by atoms with Crippen LogP contribution in [0.15, 0.2) is 29.2 Å². The highest BCUT2D eigenvalue weighted by atomic mass is 32.2. The van der Waals surface area contributed by atoms with Gasteiger partial charge in [0.2, 0.25) is 10.0 Å². The highest BCUT2D eigenvalue weighted by molar-refractivity contribution is 7.89. The van der Waals surface area contributed by atoms with Crippen molar-refractivity contribution in [2.75, 3.05) is 13.7 Å². The fourth-order valence-electron chi connectivity index (χ4n) is 2.09. The number of nitrogens with one attached hydrogen (secondary N) is 1. The van der Waals surface area contributed by atoms with Gasteiger partial charge in [-0.2, -0.15) is 0 Å². The minimum Gasteiger partial charge on any atom is -0.383 e.